The van der Waals surface area contributed by atoms with Gasteiger partial charge in [0.15, 0.2) is 5.78 Å². The van der Waals surface area contributed by atoms with Crippen LogP contribution in [-0.4, -0.2) is 31.1 Å². The molecule has 0 N–H and O–H groups in total. The van der Waals surface area contributed by atoms with Gasteiger partial charge in [0.2, 0.25) is 0 Å². The molecule has 3 rings (SSSR count). The summed E-state index contributed by atoms with van der Waals surface area (Å²) in [7, 11) is 0. The zero-order valence-corrected chi connectivity index (χ0v) is 18.6. The molecule has 0 unspecified atom stereocenters. The minimum absolute atomic E-state index is 0.0896. The Hall–Kier alpha value is -3.01. The Bertz CT molecular complexity index is 951. The molecular formula is C26H31NO3. The summed E-state index contributed by atoms with van der Waals surface area (Å²) in [6.07, 6.45) is 7.42. The van der Waals surface area contributed by atoms with E-state index in [2.05, 4.69) is 30.9 Å². The lowest BCUT2D eigenvalue weighted by atomic mass is 9.97. The minimum atomic E-state index is -0.475. The molecule has 4 heteroatoms. The van der Waals surface area contributed by atoms with Gasteiger partial charge in [-0.05, 0) is 82.7 Å². The molecular weight excluding hydrogens is 374 g/mol. The molecule has 0 aromatic heterocycles. The third-order valence-corrected chi connectivity index (χ3v) is 5.19. The summed E-state index contributed by atoms with van der Waals surface area (Å²) in [4.78, 5) is 15.3. The van der Waals surface area contributed by atoms with E-state index in [1.54, 1.807) is 12.1 Å². The molecule has 0 saturated carbocycles. The first-order chi connectivity index (χ1) is 14.4. The fourth-order valence-electron chi connectivity index (χ4n) is 3.55. The summed E-state index contributed by atoms with van der Waals surface area (Å²) in [5, 5.41) is 0. The minimum Gasteiger partial charge on any atom is -0.493 e. The van der Waals surface area contributed by atoms with Crippen LogP contribution in [0, 0.1) is 0 Å². The summed E-state index contributed by atoms with van der Waals surface area (Å²) in [5.74, 6) is 1.22. The average Bonchev–Trinajstić information content (AvgIpc) is 2.73. The average molecular weight is 406 g/mol. The predicted octanol–water partition coefficient (Wildman–Crippen LogP) is 6.01. The van der Waals surface area contributed by atoms with Crippen molar-refractivity contribution >= 4 is 23.6 Å². The van der Waals surface area contributed by atoms with Crippen molar-refractivity contribution in [2.24, 2.45) is 0 Å². The van der Waals surface area contributed by atoms with Gasteiger partial charge in [-0.2, -0.15) is 0 Å². The zero-order valence-electron chi connectivity index (χ0n) is 18.6. The number of allylic oxidation sites excluding steroid dienone is 1. The van der Waals surface area contributed by atoms with Crippen LogP contribution in [0.3, 0.4) is 0 Å². The topological polar surface area (TPSA) is 38.8 Å². The second-order valence-corrected chi connectivity index (χ2v) is 7.79. The third kappa shape index (κ3) is 4.76. The van der Waals surface area contributed by atoms with Crippen LogP contribution < -0.4 is 14.4 Å². The van der Waals surface area contributed by atoms with Crippen molar-refractivity contribution in [2.45, 2.75) is 40.2 Å². The lowest BCUT2D eigenvalue weighted by molar-refractivity contribution is 0.103. The van der Waals surface area contributed by atoms with Crippen molar-refractivity contribution in [1.29, 1.82) is 0 Å². The summed E-state index contributed by atoms with van der Waals surface area (Å²) >= 11 is 0. The first-order valence-corrected chi connectivity index (χ1v) is 10.6. The van der Waals surface area contributed by atoms with E-state index in [4.69, 9.17) is 9.47 Å². The van der Waals surface area contributed by atoms with Crippen molar-refractivity contribution in [3.8, 4) is 11.5 Å². The van der Waals surface area contributed by atoms with Crippen molar-refractivity contribution in [2.75, 3.05) is 24.6 Å². The van der Waals surface area contributed by atoms with Crippen molar-refractivity contribution in [1.82, 2.24) is 0 Å². The Morgan fingerprint density at radius 3 is 2.40 bits per heavy atom. The first-order valence-electron chi connectivity index (χ1n) is 10.6. The van der Waals surface area contributed by atoms with Gasteiger partial charge < -0.3 is 14.4 Å². The highest BCUT2D eigenvalue weighted by Crippen LogP contribution is 2.40. The fraction of sp³-hybridized carbons (Fsp3) is 0.346. The molecule has 0 spiro atoms. The van der Waals surface area contributed by atoms with Gasteiger partial charge >= 0.3 is 0 Å². The summed E-state index contributed by atoms with van der Waals surface area (Å²) < 4.78 is 11.9. The van der Waals surface area contributed by atoms with Crippen LogP contribution in [0.25, 0.3) is 12.2 Å². The highest BCUT2D eigenvalue weighted by molar-refractivity contribution is 6.09. The summed E-state index contributed by atoms with van der Waals surface area (Å²) in [6, 6.07) is 11.9. The van der Waals surface area contributed by atoms with E-state index in [1.165, 1.54) is 5.69 Å². The molecule has 1 heterocycles. The van der Waals surface area contributed by atoms with E-state index in [9.17, 15) is 4.79 Å². The maximum absolute atomic E-state index is 13.0. The Morgan fingerprint density at radius 1 is 1.07 bits per heavy atom. The van der Waals surface area contributed by atoms with Crippen molar-refractivity contribution in [3.63, 3.8) is 0 Å². The molecule has 0 radical (unpaired) electrons. The number of hydrogen-bond donors (Lipinski definition) is 0. The van der Waals surface area contributed by atoms with Crippen LogP contribution >= 0.6 is 0 Å². The lowest BCUT2D eigenvalue weighted by Crippen LogP contribution is -2.28. The van der Waals surface area contributed by atoms with Gasteiger partial charge in [0.25, 0.3) is 0 Å². The number of fused-ring (bicyclic) bond motifs is 1. The highest BCUT2D eigenvalue weighted by Gasteiger charge is 2.27. The highest BCUT2D eigenvalue weighted by atomic mass is 16.5. The standard InChI is InChI=1S/C26H31NO3/c1-6-27(7-2)20-12-9-19(10-13-20)11-15-23(28)21-14-16-24(29-8-3)22-17-18-26(4,5)30-25(21)22/h9-18H,6-8H2,1-5H3. The molecule has 0 amide bonds. The third-order valence-electron chi connectivity index (χ3n) is 5.19. The van der Waals surface area contributed by atoms with E-state index in [-0.39, 0.29) is 5.78 Å². The molecule has 2 aromatic carbocycles. The van der Waals surface area contributed by atoms with E-state index >= 15 is 0 Å². The second kappa shape index (κ2) is 9.21. The van der Waals surface area contributed by atoms with E-state index in [1.807, 2.05) is 57.2 Å². The predicted molar refractivity (Wildman–Crippen MR) is 125 cm³/mol. The molecule has 0 saturated heterocycles. The molecule has 0 fully saturated rings. The molecule has 1 aliphatic rings. The largest absolute Gasteiger partial charge is 0.493 e. The first kappa shape index (κ1) is 21.7. The van der Waals surface area contributed by atoms with E-state index in [0.29, 0.717) is 17.9 Å². The second-order valence-electron chi connectivity index (χ2n) is 7.79. The fourth-order valence-corrected chi connectivity index (χ4v) is 3.55. The number of ketones is 1. The van der Waals surface area contributed by atoms with Gasteiger partial charge in [0, 0.05) is 18.8 Å². The van der Waals surface area contributed by atoms with Crippen LogP contribution in [0.2, 0.25) is 0 Å². The Morgan fingerprint density at radius 2 is 1.77 bits per heavy atom. The van der Waals surface area contributed by atoms with E-state index < -0.39 is 5.60 Å². The van der Waals surface area contributed by atoms with Crippen LogP contribution in [0.4, 0.5) is 5.69 Å². The Labute approximate surface area is 179 Å². The van der Waals surface area contributed by atoms with Gasteiger partial charge in [0.05, 0.1) is 17.7 Å². The van der Waals surface area contributed by atoms with Crippen molar-refractivity contribution < 1.29 is 14.3 Å². The molecule has 0 aliphatic carbocycles. The van der Waals surface area contributed by atoms with Crippen LogP contribution in [0.5, 0.6) is 11.5 Å². The molecule has 4 nitrogen and oxygen atoms in total. The number of benzene rings is 2. The van der Waals surface area contributed by atoms with Gasteiger partial charge in [-0.25, -0.2) is 0 Å². The number of nitrogens with zero attached hydrogens (tertiary/aromatic N) is 1. The normalized spacial score (nSPS) is 14.3. The molecule has 1 aliphatic heterocycles. The number of carbonyl (C=O) groups excluding carboxylic acids is 1. The smallest absolute Gasteiger partial charge is 0.189 e. The Balaban J connectivity index is 1.86. The monoisotopic (exact) mass is 405 g/mol. The maximum Gasteiger partial charge on any atom is 0.189 e. The zero-order chi connectivity index (χ0) is 21.7. The lowest BCUT2D eigenvalue weighted by Gasteiger charge is -2.30. The van der Waals surface area contributed by atoms with Crippen molar-refractivity contribution in [3.05, 3.63) is 65.2 Å². The number of rotatable bonds is 8. The molecule has 0 bridgehead atoms. The molecule has 0 atom stereocenters. The van der Waals surface area contributed by atoms with Crippen LogP contribution in [-0.2, 0) is 0 Å². The molecule has 30 heavy (non-hydrogen) atoms. The number of carbonyl (C=O) groups is 1. The summed E-state index contributed by atoms with van der Waals surface area (Å²) in [5.41, 5.74) is 3.06. The maximum atomic E-state index is 13.0. The van der Waals surface area contributed by atoms with Gasteiger partial charge in [-0.15, -0.1) is 0 Å². The van der Waals surface area contributed by atoms with Gasteiger partial charge in [-0.1, -0.05) is 18.2 Å². The SMILES string of the molecule is CCOc1ccc(C(=O)C=Cc2ccc(N(CC)CC)cc2)c2c1C=CC(C)(C)O2. The Kier molecular flexibility index (Phi) is 6.66. The quantitative estimate of drug-likeness (QED) is 0.398. The van der Waals surface area contributed by atoms with Crippen LogP contribution in [0.1, 0.15) is 56.1 Å². The number of ether oxygens (including phenoxy) is 2. The number of hydrogen-bond acceptors (Lipinski definition) is 4. The van der Waals surface area contributed by atoms with E-state index in [0.717, 1.165) is 30.0 Å². The summed E-state index contributed by atoms with van der Waals surface area (Å²) in [6.45, 7) is 12.7. The van der Waals surface area contributed by atoms with Crippen LogP contribution in [0.15, 0.2) is 48.6 Å². The van der Waals surface area contributed by atoms with Gasteiger partial charge in [-0.3, -0.25) is 4.79 Å². The number of anilines is 1. The van der Waals surface area contributed by atoms with Gasteiger partial charge in [0.1, 0.15) is 17.1 Å². The molecule has 2 aromatic rings. The molecule has 158 valence electrons.